The summed E-state index contributed by atoms with van der Waals surface area (Å²) < 4.78 is 6.46. The molecule has 55 heavy (non-hydrogen) atoms. The average Bonchev–Trinajstić information content (AvgIpc) is 3.17. The summed E-state index contributed by atoms with van der Waals surface area (Å²) in [5.41, 5.74) is 7.35. The molecule has 0 saturated carbocycles. The molecule has 0 N–H and O–H groups in total. The molecule has 0 spiro atoms. The predicted molar refractivity (Wildman–Crippen MR) is 215 cm³/mol. The van der Waals surface area contributed by atoms with Crippen molar-refractivity contribution >= 4 is 0 Å². The smallest absolute Gasteiger partial charge is 0.872 e. The number of hydrogen-bond donors (Lipinski definition) is 0. The third-order valence-electron chi connectivity index (χ3n) is 11.6. The third-order valence-corrected chi connectivity index (χ3v) is 11.6. The molecule has 0 fully saturated rings. The number of hydrogen-bond acceptors (Lipinski definition) is 3. The van der Waals surface area contributed by atoms with Crippen LogP contribution in [-0.2, 0) is 39.6 Å². The molecule has 0 aromatic heterocycles. The molecule has 6 aromatic carbocycles. The zero-order valence-corrected chi connectivity index (χ0v) is 38.5. The second-order valence-corrected chi connectivity index (χ2v) is 16.5. The molecule has 0 amide bonds. The van der Waals surface area contributed by atoms with Gasteiger partial charge in [0.2, 0.25) is 0 Å². The second kappa shape index (κ2) is 18.0. The fourth-order valence-corrected chi connectivity index (χ4v) is 7.58. The Kier molecular flexibility index (Phi) is 14.6. The summed E-state index contributed by atoms with van der Waals surface area (Å²) in [5.74, 6) is -0.0580. The topological polar surface area (TPSA) is 55.3 Å². The molecule has 6 aromatic rings. The fraction of sp³-hybridized carbons (Fsp3) is 0.280. The van der Waals surface area contributed by atoms with Crippen molar-refractivity contribution in [3.63, 3.8) is 0 Å². The number of benzene rings is 6. The van der Waals surface area contributed by atoms with Crippen LogP contribution in [0.3, 0.4) is 0 Å². The first-order valence-corrected chi connectivity index (χ1v) is 18.6. The Labute approximate surface area is 373 Å². The molecular formula is C50H52Na2O3. The van der Waals surface area contributed by atoms with Crippen LogP contribution >= 0.6 is 0 Å². The van der Waals surface area contributed by atoms with E-state index in [0.29, 0.717) is 11.1 Å². The first kappa shape index (κ1) is 44.6. The van der Waals surface area contributed by atoms with E-state index >= 15 is 0 Å². The van der Waals surface area contributed by atoms with E-state index in [4.69, 9.17) is 4.74 Å². The minimum atomic E-state index is -0.548. The molecule has 0 heterocycles. The van der Waals surface area contributed by atoms with Crippen molar-refractivity contribution in [2.45, 2.75) is 90.3 Å². The average molecular weight is 747 g/mol. The van der Waals surface area contributed by atoms with Crippen molar-refractivity contribution < 1.29 is 74.1 Å². The van der Waals surface area contributed by atoms with Crippen LogP contribution in [0.25, 0.3) is 0 Å². The summed E-state index contributed by atoms with van der Waals surface area (Å²) >= 11 is 0. The van der Waals surface area contributed by atoms with E-state index in [-0.39, 0.29) is 94.7 Å². The minimum Gasteiger partial charge on any atom is -0.872 e. The summed E-state index contributed by atoms with van der Waals surface area (Å²) in [6, 6.07) is 49.4. The largest absolute Gasteiger partial charge is 1.00 e. The van der Waals surface area contributed by atoms with E-state index < -0.39 is 10.8 Å². The molecule has 6 rings (SSSR count). The molecule has 0 aliphatic heterocycles. The van der Waals surface area contributed by atoms with Crippen molar-refractivity contribution in [2.75, 3.05) is 0 Å². The van der Waals surface area contributed by atoms with Crippen LogP contribution < -0.4 is 69.3 Å². The van der Waals surface area contributed by atoms with Gasteiger partial charge < -0.3 is 14.9 Å². The van der Waals surface area contributed by atoms with Gasteiger partial charge in [0.1, 0.15) is 0 Å². The first-order chi connectivity index (χ1) is 25.1. The fourth-order valence-electron chi connectivity index (χ4n) is 7.58. The van der Waals surface area contributed by atoms with Gasteiger partial charge in [-0.25, -0.2) is 0 Å². The normalized spacial score (nSPS) is 12.1. The number of ether oxygens (including phenoxy) is 1. The van der Waals surface area contributed by atoms with E-state index in [1.165, 1.54) is 0 Å². The Balaban J connectivity index is 0.00000336. The van der Waals surface area contributed by atoms with Gasteiger partial charge in [-0.2, -0.15) is 0 Å². The van der Waals surface area contributed by atoms with Crippen molar-refractivity contribution in [1.29, 1.82) is 0 Å². The summed E-state index contributed by atoms with van der Waals surface area (Å²) in [7, 11) is 0. The minimum absolute atomic E-state index is 0. The molecule has 0 radical (unpaired) electrons. The molecule has 0 unspecified atom stereocenters. The van der Waals surface area contributed by atoms with E-state index in [0.717, 1.165) is 44.5 Å². The number of rotatable bonds is 12. The van der Waals surface area contributed by atoms with Gasteiger partial charge in [0, 0.05) is 21.7 Å². The maximum atomic E-state index is 14.5. The van der Waals surface area contributed by atoms with Crippen LogP contribution in [0.4, 0.5) is 0 Å². The van der Waals surface area contributed by atoms with Crippen LogP contribution in [-0.4, -0.2) is 0 Å². The molecule has 0 atom stereocenters. The third kappa shape index (κ3) is 9.21. The summed E-state index contributed by atoms with van der Waals surface area (Å²) in [6.07, 6.45) is 0. The van der Waals surface area contributed by atoms with Crippen LogP contribution in [0.2, 0.25) is 0 Å². The Bertz CT molecular complexity index is 2000. The van der Waals surface area contributed by atoms with Crippen molar-refractivity contribution in [2.24, 2.45) is 0 Å². The van der Waals surface area contributed by atoms with Crippen LogP contribution in [0.1, 0.15) is 111 Å². The molecule has 0 saturated heterocycles. The van der Waals surface area contributed by atoms with Gasteiger partial charge in [0.15, 0.2) is 0 Å². The Morgan fingerprint density at radius 3 is 0.891 bits per heavy atom. The van der Waals surface area contributed by atoms with Crippen LogP contribution in [0.15, 0.2) is 146 Å². The Hall–Kier alpha value is -3.12. The van der Waals surface area contributed by atoms with E-state index in [1.807, 2.05) is 60.7 Å². The molecule has 5 heteroatoms. The molecule has 0 aliphatic rings. The zero-order valence-electron chi connectivity index (χ0n) is 34.5. The van der Waals surface area contributed by atoms with E-state index in [1.54, 1.807) is 0 Å². The first-order valence-electron chi connectivity index (χ1n) is 18.6. The van der Waals surface area contributed by atoms with Gasteiger partial charge in [-0.15, -0.1) is 0 Å². The quantitative estimate of drug-likeness (QED) is 0.168. The van der Waals surface area contributed by atoms with Gasteiger partial charge >= 0.3 is 59.1 Å². The van der Waals surface area contributed by atoms with Gasteiger partial charge in [-0.3, -0.25) is 0 Å². The molecule has 272 valence electrons. The van der Waals surface area contributed by atoms with Gasteiger partial charge in [0.05, 0.1) is 13.2 Å². The summed E-state index contributed by atoms with van der Waals surface area (Å²) in [5, 5.41) is 28.9. The predicted octanol–water partition coefficient (Wildman–Crippen LogP) is 4.86. The maximum Gasteiger partial charge on any atom is 1.00 e. The SMILES string of the molecule is CC(C)(c1ccccc1)c1cc(COCc2cc(C(C)(C)c3ccccc3)cc(C(C)(C)c3ccccc3)c2[O-])c([O-])c(C(C)(C)c2ccccc2)c1.[Na+].[Na+]. The standard InChI is InChI=1S/C50H54O3.2Na/c1-47(2,37-21-13-9-14-22-37)41-29-35(45(51)43(31-41)49(5,6)39-25-17-11-18-26-39)33-53-34-36-30-42(48(3,4)38-23-15-10-16-24-38)32-44(46(36)52)50(7,8)40-27-19-12-20-28-40;;/h9-32,51-52H,33-34H2,1-8H3;;/q;2*+1/p-2. The van der Waals surface area contributed by atoms with Crippen LogP contribution in [0.5, 0.6) is 11.5 Å². The Morgan fingerprint density at radius 2 is 0.618 bits per heavy atom. The van der Waals surface area contributed by atoms with Crippen molar-refractivity contribution in [3.05, 3.63) is 201 Å². The van der Waals surface area contributed by atoms with Gasteiger partial charge in [0.25, 0.3) is 0 Å². The van der Waals surface area contributed by atoms with Crippen LogP contribution in [0, 0.1) is 0 Å². The second-order valence-electron chi connectivity index (χ2n) is 16.5. The molecule has 3 nitrogen and oxygen atoms in total. The van der Waals surface area contributed by atoms with E-state index in [2.05, 4.69) is 140 Å². The van der Waals surface area contributed by atoms with Crippen molar-refractivity contribution in [1.82, 2.24) is 0 Å². The zero-order chi connectivity index (χ0) is 38.0. The Morgan fingerprint density at radius 1 is 0.364 bits per heavy atom. The molecular weight excluding hydrogens is 695 g/mol. The van der Waals surface area contributed by atoms with Gasteiger partial charge in [-0.1, -0.05) is 212 Å². The molecule has 0 aliphatic carbocycles. The molecule has 0 bridgehead atoms. The summed E-state index contributed by atoms with van der Waals surface area (Å²) in [6.45, 7) is 17.4. The maximum absolute atomic E-state index is 14.5. The van der Waals surface area contributed by atoms with E-state index in [9.17, 15) is 10.2 Å². The van der Waals surface area contributed by atoms with Gasteiger partial charge in [-0.05, 0) is 55.6 Å². The summed E-state index contributed by atoms with van der Waals surface area (Å²) in [4.78, 5) is 0. The monoisotopic (exact) mass is 746 g/mol. The van der Waals surface area contributed by atoms with Crippen molar-refractivity contribution in [3.8, 4) is 11.5 Å².